The Hall–Kier alpha value is -1.81. The zero-order valence-electron chi connectivity index (χ0n) is 9.88. The zero-order valence-corrected chi connectivity index (χ0v) is 10.6. The van der Waals surface area contributed by atoms with Crippen LogP contribution in [-0.4, -0.2) is 20.9 Å². The Morgan fingerprint density at radius 3 is 2.94 bits per heavy atom. The van der Waals surface area contributed by atoms with E-state index in [0.717, 1.165) is 5.69 Å². The van der Waals surface area contributed by atoms with Gasteiger partial charge in [0, 0.05) is 16.8 Å². The largest absolute Gasteiger partial charge is 0.481 e. The van der Waals surface area contributed by atoms with Gasteiger partial charge in [0.05, 0.1) is 17.8 Å². The van der Waals surface area contributed by atoms with E-state index in [1.165, 1.54) is 0 Å². The number of rotatable bonds is 4. The minimum atomic E-state index is -0.830. The molecule has 5 heteroatoms. The van der Waals surface area contributed by atoms with Crippen molar-refractivity contribution >= 4 is 17.6 Å². The molecular weight excluding hydrogens is 252 g/mol. The van der Waals surface area contributed by atoms with Gasteiger partial charge in [-0.1, -0.05) is 24.6 Å². The molecule has 0 saturated carbocycles. The number of benzene rings is 1. The Morgan fingerprint density at radius 2 is 2.33 bits per heavy atom. The quantitative estimate of drug-likeness (QED) is 0.923. The van der Waals surface area contributed by atoms with Crippen molar-refractivity contribution in [3.05, 3.63) is 47.2 Å². The van der Waals surface area contributed by atoms with E-state index in [4.69, 9.17) is 16.7 Å². The normalized spacial score (nSPS) is 12.3. The molecule has 0 amide bonds. The average molecular weight is 265 g/mol. The third-order valence-corrected chi connectivity index (χ3v) is 3.02. The first-order valence-corrected chi connectivity index (χ1v) is 6.03. The maximum absolute atomic E-state index is 11.1. The van der Waals surface area contributed by atoms with E-state index in [9.17, 15) is 4.79 Å². The van der Waals surface area contributed by atoms with Crippen LogP contribution in [0.5, 0.6) is 0 Å². The number of hydrogen-bond acceptors (Lipinski definition) is 2. The molecule has 2 aromatic rings. The molecule has 0 fully saturated rings. The molecular formula is C13H13ClN2O2. The summed E-state index contributed by atoms with van der Waals surface area (Å²) in [6, 6.07) is 7.25. The van der Waals surface area contributed by atoms with Gasteiger partial charge in [-0.25, -0.2) is 4.68 Å². The SMILES string of the molecule is CCC(C(=O)O)c1cnn(-c2cccc(Cl)c2)c1. The van der Waals surface area contributed by atoms with Crippen molar-refractivity contribution in [3.63, 3.8) is 0 Å². The Labute approximate surface area is 110 Å². The topological polar surface area (TPSA) is 55.1 Å². The second kappa shape index (κ2) is 5.23. The van der Waals surface area contributed by atoms with Gasteiger partial charge in [-0.15, -0.1) is 0 Å². The highest BCUT2D eigenvalue weighted by atomic mass is 35.5. The smallest absolute Gasteiger partial charge is 0.311 e. The molecule has 1 N–H and O–H groups in total. The Bertz CT molecular complexity index is 566. The monoisotopic (exact) mass is 264 g/mol. The van der Waals surface area contributed by atoms with E-state index in [1.807, 2.05) is 19.1 Å². The van der Waals surface area contributed by atoms with Crippen molar-refractivity contribution < 1.29 is 9.90 Å². The summed E-state index contributed by atoms with van der Waals surface area (Å²) in [4.78, 5) is 11.1. The maximum Gasteiger partial charge on any atom is 0.311 e. The van der Waals surface area contributed by atoms with Crippen LogP contribution in [0.3, 0.4) is 0 Å². The number of aromatic nitrogens is 2. The van der Waals surface area contributed by atoms with Crippen molar-refractivity contribution in [1.82, 2.24) is 9.78 Å². The fourth-order valence-corrected chi connectivity index (χ4v) is 2.01. The lowest BCUT2D eigenvalue weighted by molar-refractivity contribution is -0.138. The van der Waals surface area contributed by atoms with Crippen LogP contribution >= 0.6 is 11.6 Å². The molecule has 0 aliphatic rings. The Morgan fingerprint density at radius 1 is 1.56 bits per heavy atom. The van der Waals surface area contributed by atoms with Crippen molar-refractivity contribution in [2.75, 3.05) is 0 Å². The molecule has 1 heterocycles. The third kappa shape index (κ3) is 2.54. The van der Waals surface area contributed by atoms with Crippen molar-refractivity contribution in [2.24, 2.45) is 0 Å². The van der Waals surface area contributed by atoms with Gasteiger partial charge in [0.2, 0.25) is 0 Å². The van der Waals surface area contributed by atoms with Crippen LogP contribution in [0.4, 0.5) is 0 Å². The summed E-state index contributed by atoms with van der Waals surface area (Å²) >= 11 is 5.91. The maximum atomic E-state index is 11.1. The first kappa shape index (κ1) is 12.6. The predicted molar refractivity (Wildman–Crippen MR) is 69.2 cm³/mol. The number of carbonyl (C=O) groups is 1. The van der Waals surface area contributed by atoms with E-state index in [-0.39, 0.29) is 0 Å². The van der Waals surface area contributed by atoms with E-state index in [2.05, 4.69) is 5.10 Å². The molecule has 0 saturated heterocycles. The second-order valence-corrected chi connectivity index (χ2v) is 4.43. The molecule has 2 rings (SSSR count). The van der Waals surface area contributed by atoms with E-state index in [1.54, 1.807) is 29.2 Å². The Balaban J connectivity index is 2.33. The van der Waals surface area contributed by atoms with Gasteiger partial charge in [-0.2, -0.15) is 5.10 Å². The van der Waals surface area contributed by atoms with Gasteiger partial charge >= 0.3 is 5.97 Å². The molecule has 4 nitrogen and oxygen atoms in total. The van der Waals surface area contributed by atoms with Crippen LogP contribution in [0.15, 0.2) is 36.7 Å². The minimum absolute atomic E-state index is 0.516. The number of carboxylic acid groups (broad SMARTS) is 1. The lowest BCUT2D eigenvalue weighted by atomic mass is 10.0. The zero-order chi connectivity index (χ0) is 13.1. The van der Waals surface area contributed by atoms with E-state index in [0.29, 0.717) is 17.0 Å². The summed E-state index contributed by atoms with van der Waals surface area (Å²) in [7, 11) is 0. The summed E-state index contributed by atoms with van der Waals surface area (Å²) in [5.41, 5.74) is 1.51. The molecule has 1 aromatic heterocycles. The summed E-state index contributed by atoms with van der Waals surface area (Å²) in [5, 5.41) is 13.9. The summed E-state index contributed by atoms with van der Waals surface area (Å²) in [6.07, 6.45) is 3.85. The van der Waals surface area contributed by atoms with Crippen LogP contribution in [0.1, 0.15) is 24.8 Å². The van der Waals surface area contributed by atoms with Gasteiger partial charge < -0.3 is 5.11 Å². The number of carboxylic acids is 1. The first-order valence-electron chi connectivity index (χ1n) is 5.65. The average Bonchev–Trinajstić information content (AvgIpc) is 2.79. The molecule has 1 unspecified atom stereocenters. The standard InChI is InChI=1S/C13H13ClN2O2/c1-2-12(13(17)18)9-7-15-16(8-9)11-5-3-4-10(14)6-11/h3-8,12H,2H2,1H3,(H,17,18). The van der Waals surface area contributed by atoms with Gasteiger partial charge in [-0.3, -0.25) is 4.79 Å². The molecule has 94 valence electrons. The molecule has 1 aromatic carbocycles. The predicted octanol–water partition coefficient (Wildman–Crippen LogP) is 3.10. The molecule has 1 atom stereocenters. The summed E-state index contributed by atoms with van der Waals surface area (Å²) in [5.74, 6) is -1.35. The molecule has 0 radical (unpaired) electrons. The van der Waals surface area contributed by atoms with Gasteiger partial charge in [0.1, 0.15) is 0 Å². The van der Waals surface area contributed by atoms with Crippen LogP contribution in [0, 0.1) is 0 Å². The Kier molecular flexibility index (Phi) is 3.67. The number of hydrogen-bond donors (Lipinski definition) is 1. The second-order valence-electron chi connectivity index (χ2n) is 4.00. The number of halogens is 1. The molecule has 0 aliphatic heterocycles. The van der Waals surface area contributed by atoms with Crippen molar-refractivity contribution in [3.8, 4) is 5.69 Å². The first-order chi connectivity index (χ1) is 8.61. The lowest BCUT2D eigenvalue weighted by Crippen LogP contribution is -2.09. The van der Waals surface area contributed by atoms with Crippen LogP contribution in [0.2, 0.25) is 5.02 Å². The van der Waals surface area contributed by atoms with E-state index < -0.39 is 11.9 Å². The molecule has 0 bridgehead atoms. The van der Waals surface area contributed by atoms with Gasteiger partial charge in [0.25, 0.3) is 0 Å². The number of nitrogens with zero attached hydrogens (tertiary/aromatic N) is 2. The van der Waals surface area contributed by atoms with Gasteiger partial charge in [0.15, 0.2) is 0 Å². The summed E-state index contributed by atoms with van der Waals surface area (Å²) in [6.45, 7) is 1.84. The van der Waals surface area contributed by atoms with E-state index >= 15 is 0 Å². The highest BCUT2D eigenvalue weighted by Gasteiger charge is 2.19. The number of aliphatic carboxylic acids is 1. The van der Waals surface area contributed by atoms with Crippen LogP contribution in [-0.2, 0) is 4.79 Å². The molecule has 0 aliphatic carbocycles. The highest BCUT2D eigenvalue weighted by Crippen LogP contribution is 2.21. The molecule has 0 spiro atoms. The minimum Gasteiger partial charge on any atom is -0.481 e. The fourth-order valence-electron chi connectivity index (χ4n) is 1.83. The van der Waals surface area contributed by atoms with Crippen molar-refractivity contribution in [2.45, 2.75) is 19.3 Å². The van der Waals surface area contributed by atoms with Gasteiger partial charge in [-0.05, 0) is 24.6 Å². The lowest BCUT2D eigenvalue weighted by Gasteiger charge is -2.06. The fraction of sp³-hybridized carbons (Fsp3) is 0.231. The third-order valence-electron chi connectivity index (χ3n) is 2.78. The summed E-state index contributed by atoms with van der Waals surface area (Å²) < 4.78 is 1.63. The highest BCUT2D eigenvalue weighted by molar-refractivity contribution is 6.30. The molecule has 18 heavy (non-hydrogen) atoms. The van der Waals surface area contributed by atoms with Crippen molar-refractivity contribution in [1.29, 1.82) is 0 Å². The van der Waals surface area contributed by atoms with Crippen LogP contribution < -0.4 is 0 Å². The van der Waals surface area contributed by atoms with Crippen LogP contribution in [0.25, 0.3) is 5.69 Å².